The Morgan fingerprint density at radius 3 is 2.81 bits per heavy atom. The largest absolute Gasteiger partial charge is 0.462 e. The molecule has 0 radical (unpaired) electrons. The van der Waals surface area contributed by atoms with Crippen LogP contribution in [0.3, 0.4) is 0 Å². The molecule has 0 spiro atoms. The first-order valence-corrected chi connectivity index (χ1v) is 8.96. The fourth-order valence-corrected chi connectivity index (χ4v) is 3.50. The van der Waals surface area contributed by atoms with Crippen LogP contribution in [0.15, 0.2) is 24.5 Å². The molecule has 0 atom stereocenters. The summed E-state index contributed by atoms with van der Waals surface area (Å²) in [4.78, 5) is 40.9. The van der Waals surface area contributed by atoms with Crippen LogP contribution in [-0.4, -0.2) is 39.0 Å². The van der Waals surface area contributed by atoms with E-state index in [9.17, 15) is 14.4 Å². The molecule has 3 aromatic heterocycles. The molecule has 0 bridgehead atoms. The zero-order chi connectivity index (χ0) is 19.6. The molecule has 0 aliphatic heterocycles. The Morgan fingerprint density at radius 1 is 1.37 bits per heavy atom. The zero-order valence-corrected chi connectivity index (χ0v) is 15.5. The van der Waals surface area contributed by atoms with Crippen LogP contribution in [0.5, 0.6) is 0 Å². The Morgan fingerprint density at radius 2 is 2.15 bits per heavy atom. The predicted octanol–water partition coefficient (Wildman–Crippen LogP) is 2.02. The van der Waals surface area contributed by atoms with Gasteiger partial charge >= 0.3 is 5.97 Å². The second kappa shape index (κ2) is 7.54. The van der Waals surface area contributed by atoms with Crippen LogP contribution in [0.4, 0.5) is 5.00 Å². The number of amides is 2. The van der Waals surface area contributed by atoms with Crippen LogP contribution in [0.1, 0.15) is 49.4 Å². The van der Waals surface area contributed by atoms with E-state index in [1.54, 1.807) is 25.4 Å². The number of carbonyl (C=O) groups is 3. The highest BCUT2D eigenvalue weighted by Crippen LogP contribution is 2.33. The van der Waals surface area contributed by atoms with E-state index >= 15 is 0 Å². The number of nitrogens with two attached hydrogens (primary N) is 1. The minimum Gasteiger partial charge on any atom is -0.462 e. The van der Waals surface area contributed by atoms with Gasteiger partial charge in [0, 0.05) is 18.5 Å². The summed E-state index contributed by atoms with van der Waals surface area (Å²) in [6.07, 6.45) is 3.89. The van der Waals surface area contributed by atoms with Crippen molar-refractivity contribution >= 4 is 39.8 Å². The van der Waals surface area contributed by atoms with Crippen molar-refractivity contribution in [2.75, 3.05) is 11.9 Å². The molecule has 3 N–H and O–H groups in total. The van der Waals surface area contributed by atoms with Crippen molar-refractivity contribution < 1.29 is 19.1 Å². The molecule has 3 heterocycles. The summed E-state index contributed by atoms with van der Waals surface area (Å²) in [6.45, 7) is 3.68. The SMILES string of the molecule is CCCOC(=O)c1c(NC(=O)c2cc3ncccn3n2)sc(C(N)=O)c1C. The predicted molar refractivity (Wildman–Crippen MR) is 99.1 cm³/mol. The minimum atomic E-state index is -0.681. The number of primary amides is 1. The number of hydrogen-bond donors (Lipinski definition) is 2. The van der Waals surface area contributed by atoms with E-state index in [1.165, 1.54) is 10.6 Å². The molecule has 9 nitrogen and oxygen atoms in total. The molecule has 10 heteroatoms. The van der Waals surface area contributed by atoms with E-state index in [1.807, 2.05) is 6.92 Å². The average molecular weight is 387 g/mol. The van der Waals surface area contributed by atoms with E-state index in [4.69, 9.17) is 10.5 Å². The molecule has 2 amide bonds. The number of carbonyl (C=O) groups excluding carboxylic acids is 3. The van der Waals surface area contributed by atoms with Crippen LogP contribution in [0, 0.1) is 6.92 Å². The summed E-state index contributed by atoms with van der Waals surface area (Å²) in [5, 5.41) is 6.96. The fraction of sp³-hybridized carbons (Fsp3) is 0.235. The molecule has 0 saturated heterocycles. The van der Waals surface area contributed by atoms with Crippen LogP contribution >= 0.6 is 11.3 Å². The summed E-state index contributed by atoms with van der Waals surface area (Å²) in [7, 11) is 0. The topological polar surface area (TPSA) is 129 Å². The smallest absolute Gasteiger partial charge is 0.341 e. The van der Waals surface area contributed by atoms with Gasteiger partial charge in [-0.05, 0) is 25.0 Å². The highest BCUT2D eigenvalue weighted by atomic mass is 32.1. The molecule has 0 fully saturated rings. The molecule has 3 aromatic rings. The van der Waals surface area contributed by atoms with Gasteiger partial charge in [0.05, 0.1) is 17.0 Å². The molecule has 3 rings (SSSR count). The average Bonchev–Trinajstić information content (AvgIpc) is 3.21. The maximum Gasteiger partial charge on any atom is 0.341 e. The molecule has 0 saturated carbocycles. The molecule has 140 valence electrons. The normalized spacial score (nSPS) is 10.7. The lowest BCUT2D eigenvalue weighted by Gasteiger charge is -2.06. The van der Waals surface area contributed by atoms with Gasteiger partial charge in [0.15, 0.2) is 11.3 Å². The van der Waals surface area contributed by atoms with Gasteiger partial charge in [-0.15, -0.1) is 11.3 Å². The molecule has 0 aliphatic rings. The van der Waals surface area contributed by atoms with Crippen LogP contribution in [0.2, 0.25) is 0 Å². The number of rotatable bonds is 6. The molecule has 0 unspecified atom stereocenters. The summed E-state index contributed by atoms with van der Waals surface area (Å²) in [6, 6.07) is 3.20. The highest BCUT2D eigenvalue weighted by molar-refractivity contribution is 7.18. The summed E-state index contributed by atoms with van der Waals surface area (Å²) in [5.41, 5.74) is 6.49. The number of aromatic nitrogens is 3. The summed E-state index contributed by atoms with van der Waals surface area (Å²) < 4.78 is 6.62. The molecule has 0 aliphatic carbocycles. The van der Waals surface area contributed by atoms with Gasteiger partial charge in [0.2, 0.25) is 0 Å². The fourth-order valence-electron chi connectivity index (χ4n) is 2.46. The summed E-state index contributed by atoms with van der Waals surface area (Å²) >= 11 is 0.928. The van der Waals surface area contributed by atoms with Gasteiger partial charge in [-0.2, -0.15) is 5.10 Å². The lowest BCUT2D eigenvalue weighted by molar-refractivity contribution is 0.0506. The molecular formula is C17H17N5O4S. The van der Waals surface area contributed by atoms with E-state index in [2.05, 4.69) is 15.4 Å². The van der Waals surface area contributed by atoms with Crippen molar-refractivity contribution in [1.82, 2.24) is 14.6 Å². The lowest BCUT2D eigenvalue weighted by atomic mass is 10.1. The second-order valence-corrected chi connectivity index (χ2v) is 6.69. The third kappa shape index (κ3) is 3.65. The number of nitrogens with zero attached hydrogens (tertiary/aromatic N) is 3. The number of anilines is 1. The van der Waals surface area contributed by atoms with Gasteiger partial charge in [0.1, 0.15) is 5.00 Å². The maximum absolute atomic E-state index is 12.6. The highest BCUT2D eigenvalue weighted by Gasteiger charge is 2.26. The van der Waals surface area contributed by atoms with Crippen molar-refractivity contribution in [2.45, 2.75) is 20.3 Å². The van der Waals surface area contributed by atoms with Gasteiger partial charge in [-0.1, -0.05) is 6.92 Å². The maximum atomic E-state index is 12.6. The second-order valence-electron chi connectivity index (χ2n) is 5.67. The summed E-state index contributed by atoms with van der Waals surface area (Å²) in [5.74, 6) is -1.84. The van der Waals surface area contributed by atoms with Gasteiger partial charge in [0.25, 0.3) is 11.8 Å². The number of fused-ring (bicyclic) bond motifs is 1. The number of hydrogen-bond acceptors (Lipinski definition) is 7. The third-order valence-electron chi connectivity index (χ3n) is 3.71. The number of thiophene rings is 1. The van der Waals surface area contributed by atoms with E-state index in [-0.39, 0.29) is 27.7 Å². The first kappa shape index (κ1) is 18.5. The first-order chi connectivity index (χ1) is 12.9. The van der Waals surface area contributed by atoms with E-state index < -0.39 is 17.8 Å². The Labute approximate surface area is 158 Å². The van der Waals surface area contributed by atoms with Crippen LogP contribution < -0.4 is 11.1 Å². The molecule has 27 heavy (non-hydrogen) atoms. The van der Waals surface area contributed by atoms with Crippen molar-refractivity contribution in [3.63, 3.8) is 0 Å². The standard InChI is InChI=1S/C17H17N5O4S/c1-3-7-26-17(25)12-9(2)13(14(18)23)27-16(12)20-15(24)10-8-11-19-5-4-6-22(11)21-10/h4-6,8H,3,7H2,1-2H3,(H2,18,23)(H,20,24). The minimum absolute atomic E-state index is 0.119. The van der Waals surface area contributed by atoms with Gasteiger partial charge in [-0.3, -0.25) is 9.59 Å². The van der Waals surface area contributed by atoms with Crippen molar-refractivity contribution in [2.24, 2.45) is 5.73 Å². The van der Waals surface area contributed by atoms with Crippen molar-refractivity contribution in [3.05, 3.63) is 46.2 Å². The Balaban J connectivity index is 1.94. The first-order valence-electron chi connectivity index (χ1n) is 8.14. The van der Waals surface area contributed by atoms with Crippen LogP contribution in [0.25, 0.3) is 5.65 Å². The van der Waals surface area contributed by atoms with Crippen molar-refractivity contribution in [1.29, 1.82) is 0 Å². The Bertz CT molecular complexity index is 1010. The Kier molecular flexibility index (Phi) is 5.17. The van der Waals surface area contributed by atoms with E-state index in [0.29, 0.717) is 17.6 Å². The van der Waals surface area contributed by atoms with Crippen LogP contribution in [-0.2, 0) is 4.74 Å². The zero-order valence-electron chi connectivity index (χ0n) is 14.7. The van der Waals surface area contributed by atoms with Gasteiger partial charge in [-0.25, -0.2) is 14.3 Å². The number of ether oxygens (including phenoxy) is 1. The Hall–Kier alpha value is -3.27. The number of nitrogens with one attached hydrogen (secondary N) is 1. The molecular weight excluding hydrogens is 370 g/mol. The quantitative estimate of drug-likeness (QED) is 0.623. The lowest BCUT2D eigenvalue weighted by Crippen LogP contribution is -2.16. The van der Waals surface area contributed by atoms with Crippen molar-refractivity contribution in [3.8, 4) is 0 Å². The van der Waals surface area contributed by atoms with Gasteiger partial charge < -0.3 is 15.8 Å². The third-order valence-corrected chi connectivity index (χ3v) is 4.93. The number of esters is 1. The van der Waals surface area contributed by atoms with E-state index in [0.717, 1.165) is 11.3 Å². The molecule has 0 aromatic carbocycles. The monoisotopic (exact) mass is 387 g/mol.